The monoisotopic (exact) mass is 527 g/mol. The Kier molecular flexibility index (Phi) is 7.42. The number of aromatic nitrogens is 2. The van der Waals surface area contributed by atoms with E-state index >= 15 is 0 Å². The van der Waals surface area contributed by atoms with Gasteiger partial charge in [0.2, 0.25) is 11.8 Å². The Labute approximate surface area is 197 Å². The second kappa shape index (κ2) is 9.86. The lowest BCUT2D eigenvalue weighted by atomic mass is 10.2. The number of ether oxygens (including phenoxy) is 1. The van der Waals surface area contributed by atoms with Crippen LogP contribution in [0.1, 0.15) is 11.3 Å². The highest BCUT2D eigenvalue weighted by Gasteiger charge is 2.19. The van der Waals surface area contributed by atoms with Crippen molar-refractivity contribution in [1.29, 1.82) is 0 Å². The van der Waals surface area contributed by atoms with Crippen LogP contribution >= 0.6 is 39.1 Å². The first-order chi connectivity index (χ1) is 14.7. The van der Waals surface area contributed by atoms with E-state index in [0.717, 1.165) is 10.3 Å². The fourth-order valence-electron chi connectivity index (χ4n) is 2.87. The van der Waals surface area contributed by atoms with Crippen molar-refractivity contribution in [3.8, 4) is 5.75 Å². The van der Waals surface area contributed by atoms with Crippen LogP contribution in [0, 0.1) is 6.92 Å². The molecule has 0 atom stereocenters. The van der Waals surface area contributed by atoms with Gasteiger partial charge in [0.05, 0.1) is 29.5 Å². The molecule has 1 aromatic carbocycles. The smallest absolute Gasteiger partial charge is 0.246 e. The zero-order valence-corrected chi connectivity index (χ0v) is 19.9. The van der Waals surface area contributed by atoms with Crippen LogP contribution in [0.2, 0.25) is 10.0 Å². The van der Waals surface area contributed by atoms with Gasteiger partial charge in [-0.1, -0.05) is 23.2 Å². The fourth-order valence-corrected chi connectivity index (χ4v) is 3.85. The van der Waals surface area contributed by atoms with Crippen molar-refractivity contribution < 1.29 is 14.3 Å². The second-order valence-corrected chi connectivity index (χ2v) is 8.17. The lowest BCUT2D eigenvalue weighted by Crippen LogP contribution is -2.40. The number of hydrogen-bond acceptors (Lipinski definition) is 5. The zero-order valence-electron chi connectivity index (χ0n) is 16.8. The molecule has 0 fully saturated rings. The molecule has 0 radical (unpaired) electrons. The number of likely N-dealkylation sites (N-methyl/N-ethyl adjacent to an activating group) is 1. The zero-order chi connectivity index (χ0) is 22.7. The van der Waals surface area contributed by atoms with Crippen LogP contribution in [0.15, 0.2) is 35.1 Å². The Morgan fingerprint density at radius 2 is 2.06 bits per heavy atom. The van der Waals surface area contributed by atoms with Gasteiger partial charge < -0.3 is 20.7 Å². The molecule has 0 unspecified atom stereocenters. The third-order valence-electron chi connectivity index (χ3n) is 4.61. The Hall–Kier alpha value is -2.33. The summed E-state index contributed by atoms with van der Waals surface area (Å²) in [5.41, 5.74) is 7.68. The van der Waals surface area contributed by atoms with Gasteiger partial charge in [0.1, 0.15) is 11.2 Å². The van der Waals surface area contributed by atoms with Gasteiger partial charge in [-0.3, -0.25) is 14.0 Å². The number of carbonyl (C=O) groups is 2. The van der Waals surface area contributed by atoms with E-state index in [1.54, 1.807) is 25.2 Å². The number of halogens is 3. The summed E-state index contributed by atoms with van der Waals surface area (Å²) in [4.78, 5) is 29.6. The minimum atomic E-state index is -0.423. The topological polar surface area (TPSA) is 102 Å². The molecule has 3 aromatic rings. The molecule has 11 heteroatoms. The summed E-state index contributed by atoms with van der Waals surface area (Å²) in [6, 6.07) is 6.92. The van der Waals surface area contributed by atoms with Gasteiger partial charge in [-0.2, -0.15) is 0 Å². The summed E-state index contributed by atoms with van der Waals surface area (Å²) in [5, 5.41) is 3.12. The number of rotatable bonds is 7. The van der Waals surface area contributed by atoms with E-state index in [1.165, 1.54) is 4.90 Å². The molecule has 0 aliphatic heterocycles. The molecule has 8 nitrogen and oxygen atoms in total. The number of hydrogen-bond donors (Lipinski definition) is 2. The maximum Gasteiger partial charge on any atom is 0.246 e. The van der Waals surface area contributed by atoms with Crippen LogP contribution in [-0.2, 0) is 16.2 Å². The molecule has 2 aromatic heterocycles. The van der Waals surface area contributed by atoms with Gasteiger partial charge in [0.15, 0.2) is 11.4 Å². The van der Waals surface area contributed by atoms with Crippen LogP contribution in [0.4, 0.5) is 5.69 Å². The Balaban J connectivity index is 1.82. The number of aryl methyl sites for hydroxylation is 1. The highest BCUT2D eigenvalue weighted by atomic mass is 79.9. The van der Waals surface area contributed by atoms with E-state index in [4.69, 9.17) is 33.7 Å². The number of nitrogens with one attached hydrogen (secondary N) is 1. The maximum absolute atomic E-state index is 12.4. The van der Waals surface area contributed by atoms with Crippen molar-refractivity contribution >= 4 is 62.3 Å². The maximum atomic E-state index is 12.4. The van der Waals surface area contributed by atoms with Gasteiger partial charge in [-0.05, 0) is 47.1 Å². The van der Waals surface area contributed by atoms with E-state index in [9.17, 15) is 9.59 Å². The summed E-state index contributed by atoms with van der Waals surface area (Å²) in [5.74, 6) is -0.226. The lowest BCUT2D eigenvalue weighted by Gasteiger charge is -2.21. The Morgan fingerprint density at radius 1 is 1.32 bits per heavy atom. The SMILES string of the molecule is Cc1nc2c(OCc3c(Cl)ccc(N(C)C(=O)CNC(=O)CN)c3Cl)cccn2c1Br. The van der Waals surface area contributed by atoms with Gasteiger partial charge >= 0.3 is 0 Å². The molecule has 3 N–H and O–H groups in total. The van der Waals surface area contributed by atoms with E-state index in [0.29, 0.717) is 27.7 Å². The number of anilines is 1. The first-order valence-corrected chi connectivity index (χ1v) is 10.8. The summed E-state index contributed by atoms with van der Waals surface area (Å²) in [7, 11) is 1.56. The first kappa shape index (κ1) is 23.3. The van der Waals surface area contributed by atoms with Crippen LogP contribution in [0.25, 0.3) is 5.65 Å². The largest absolute Gasteiger partial charge is 0.485 e. The van der Waals surface area contributed by atoms with Crippen molar-refractivity contribution in [2.75, 3.05) is 25.0 Å². The average Bonchev–Trinajstić information content (AvgIpc) is 3.05. The number of benzene rings is 1. The van der Waals surface area contributed by atoms with Gasteiger partial charge in [0.25, 0.3) is 0 Å². The minimum Gasteiger partial charge on any atom is -0.485 e. The molecule has 3 rings (SSSR count). The number of pyridine rings is 1. The molecule has 0 saturated heterocycles. The summed E-state index contributed by atoms with van der Waals surface area (Å²) in [6.45, 7) is 1.56. The van der Waals surface area contributed by atoms with Crippen LogP contribution in [0.3, 0.4) is 0 Å². The number of nitrogens with two attached hydrogens (primary N) is 1. The van der Waals surface area contributed by atoms with Gasteiger partial charge in [0, 0.05) is 23.8 Å². The number of fused-ring (bicyclic) bond motifs is 1. The van der Waals surface area contributed by atoms with Crippen molar-refractivity contribution in [3.05, 3.63) is 56.4 Å². The van der Waals surface area contributed by atoms with Crippen LogP contribution in [0.5, 0.6) is 5.75 Å². The van der Waals surface area contributed by atoms with Gasteiger partial charge in [-0.15, -0.1) is 0 Å². The first-order valence-electron chi connectivity index (χ1n) is 9.20. The summed E-state index contributed by atoms with van der Waals surface area (Å²) < 4.78 is 8.68. The fraction of sp³-hybridized carbons (Fsp3) is 0.250. The molecular weight excluding hydrogens is 509 g/mol. The van der Waals surface area contributed by atoms with Crippen molar-refractivity contribution in [2.45, 2.75) is 13.5 Å². The number of carbonyl (C=O) groups excluding carboxylic acids is 2. The van der Waals surface area contributed by atoms with E-state index in [1.807, 2.05) is 23.6 Å². The molecule has 164 valence electrons. The predicted molar refractivity (Wildman–Crippen MR) is 124 cm³/mol. The quantitative estimate of drug-likeness (QED) is 0.489. The Morgan fingerprint density at radius 3 is 2.77 bits per heavy atom. The predicted octanol–water partition coefficient (Wildman–Crippen LogP) is 3.33. The lowest BCUT2D eigenvalue weighted by molar-refractivity contribution is -0.124. The highest BCUT2D eigenvalue weighted by molar-refractivity contribution is 9.10. The molecule has 2 amide bonds. The van der Waals surface area contributed by atoms with Crippen molar-refractivity contribution in [3.63, 3.8) is 0 Å². The minimum absolute atomic E-state index is 0.0701. The highest BCUT2D eigenvalue weighted by Crippen LogP contribution is 2.35. The average molecular weight is 529 g/mol. The number of nitrogens with zero attached hydrogens (tertiary/aromatic N) is 3. The van der Waals surface area contributed by atoms with E-state index in [2.05, 4.69) is 26.2 Å². The summed E-state index contributed by atoms with van der Waals surface area (Å²) in [6.07, 6.45) is 1.87. The molecule has 0 bridgehead atoms. The summed E-state index contributed by atoms with van der Waals surface area (Å²) >= 11 is 16.4. The third kappa shape index (κ3) is 4.95. The normalized spacial score (nSPS) is 10.9. The molecule has 0 aliphatic carbocycles. The number of imidazole rings is 1. The van der Waals surface area contributed by atoms with E-state index in [-0.39, 0.29) is 30.6 Å². The molecular formula is C20H20BrCl2N5O3. The number of amides is 2. The van der Waals surface area contributed by atoms with Gasteiger partial charge in [-0.25, -0.2) is 4.98 Å². The van der Waals surface area contributed by atoms with Crippen LogP contribution in [-0.4, -0.2) is 41.3 Å². The molecule has 0 aliphatic rings. The van der Waals surface area contributed by atoms with Crippen LogP contribution < -0.4 is 20.7 Å². The van der Waals surface area contributed by atoms with E-state index < -0.39 is 5.91 Å². The third-order valence-corrected chi connectivity index (χ3v) is 6.34. The molecule has 2 heterocycles. The van der Waals surface area contributed by atoms with Crippen molar-refractivity contribution in [1.82, 2.24) is 14.7 Å². The Bertz CT molecular complexity index is 1150. The molecule has 31 heavy (non-hydrogen) atoms. The van der Waals surface area contributed by atoms with Crippen molar-refractivity contribution in [2.24, 2.45) is 5.73 Å². The molecule has 0 saturated carbocycles. The molecule has 0 spiro atoms. The standard InChI is InChI=1S/C20H20BrCl2N5O3/c1-11-19(21)28-7-3-4-15(20(28)26-11)31-10-12-13(22)5-6-14(18(12)23)27(2)17(30)9-25-16(29)8-24/h3-7H,8-10,24H2,1-2H3,(H,25,29). The second-order valence-electron chi connectivity index (χ2n) is 6.64.